The Morgan fingerprint density at radius 1 is 1.29 bits per heavy atom. The SMILES string of the molecule is CC(C)(C)C(=O)[C@H](S)N1CCC[C@@H]1CCCCCC(=O)O. The Labute approximate surface area is 133 Å². The number of carboxylic acid groups (broad SMARTS) is 1. The number of carboxylic acids is 1. The molecule has 0 aromatic carbocycles. The lowest BCUT2D eigenvalue weighted by Crippen LogP contribution is -2.44. The predicted octanol–water partition coefficient (Wildman–Crippen LogP) is 3.36. The Morgan fingerprint density at radius 2 is 1.95 bits per heavy atom. The monoisotopic (exact) mass is 315 g/mol. The number of carbonyl (C=O) groups excluding carboxylic acids is 1. The van der Waals surface area contributed by atoms with Gasteiger partial charge in [0.2, 0.25) is 0 Å². The molecule has 0 aromatic rings. The van der Waals surface area contributed by atoms with Gasteiger partial charge in [-0.05, 0) is 32.2 Å². The van der Waals surface area contributed by atoms with Crippen LogP contribution in [0.4, 0.5) is 0 Å². The number of aliphatic carboxylic acids is 1. The molecule has 21 heavy (non-hydrogen) atoms. The molecule has 4 nitrogen and oxygen atoms in total. The van der Waals surface area contributed by atoms with Gasteiger partial charge in [-0.1, -0.05) is 33.6 Å². The molecule has 1 rings (SSSR count). The molecule has 0 bridgehead atoms. The van der Waals surface area contributed by atoms with Gasteiger partial charge in [-0.3, -0.25) is 14.5 Å². The first kappa shape index (κ1) is 18.5. The van der Waals surface area contributed by atoms with Crippen molar-refractivity contribution in [3.63, 3.8) is 0 Å². The molecule has 5 heteroatoms. The lowest BCUT2D eigenvalue weighted by molar-refractivity contribution is -0.137. The highest BCUT2D eigenvalue weighted by atomic mass is 32.1. The first-order valence-electron chi connectivity index (χ1n) is 7.93. The quantitative estimate of drug-likeness (QED) is 0.533. The summed E-state index contributed by atoms with van der Waals surface area (Å²) in [6.45, 7) is 6.76. The maximum Gasteiger partial charge on any atom is 0.303 e. The minimum atomic E-state index is -0.719. The van der Waals surface area contributed by atoms with Crippen LogP contribution in [0.2, 0.25) is 0 Å². The number of unbranched alkanes of at least 4 members (excludes halogenated alkanes) is 2. The molecule has 0 spiro atoms. The number of nitrogens with zero attached hydrogens (tertiary/aromatic N) is 1. The van der Waals surface area contributed by atoms with Crippen molar-refractivity contribution < 1.29 is 14.7 Å². The van der Waals surface area contributed by atoms with Gasteiger partial charge in [-0.15, -0.1) is 0 Å². The largest absolute Gasteiger partial charge is 0.481 e. The number of hydrogen-bond donors (Lipinski definition) is 2. The van der Waals surface area contributed by atoms with Gasteiger partial charge in [-0.25, -0.2) is 0 Å². The molecule has 0 aliphatic carbocycles. The molecule has 1 N–H and O–H groups in total. The van der Waals surface area contributed by atoms with Gasteiger partial charge in [0.15, 0.2) is 5.78 Å². The summed E-state index contributed by atoms with van der Waals surface area (Å²) in [6.07, 6.45) is 6.24. The van der Waals surface area contributed by atoms with E-state index < -0.39 is 5.97 Å². The second-order valence-electron chi connectivity index (χ2n) is 7.01. The Kier molecular flexibility index (Phi) is 7.21. The summed E-state index contributed by atoms with van der Waals surface area (Å²) in [5.41, 5.74) is -0.360. The predicted molar refractivity (Wildman–Crippen MR) is 87.7 cm³/mol. The third-order valence-electron chi connectivity index (χ3n) is 4.14. The van der Waals surface area contributed by atoms with Crippen molar-refractivity contribution in [2.75, 3.05) is 6.54 Å². The van der Waals surface area contributed by atoms with E-state index in [9.17, 15) is 9.59 Å². The van der Waals surface area contributed by atoms with Crippen LogP contribution in [0.3, 0.4) is 0 Å². The highest BCUT2D eigenvalue weighted by Crippen LogP contribution is 2.30. The first-order chi connectivity index (χ1) is 9.73. The molecule has 0 unspecified atom stereocenters. The van der Waals surface area contributed by atoms with Crippen LogP contribution < -0.4 is 0 Å². The zero-order chi connectivity index (χ0) is 16.0. The third-order valence-corrected chi connectivity index (χ3v) is 4.67. The van der Waals surface area contributed by atoms with E-state index in [2.05, 4.69) is 17.5 Å². The Morgan fingerprint density at radius 3 is 2.52 bits per heavy atom. The van der Waals surface area contributed by atoms with Crippen LogP contribution in [-0.2, 0) is 9.59 Å². The molecule has 0 saturated carbocycles. The molecule has 122 valence electrons. The molecule has 1 heterocycles. The normalized spacial score (nSPS) is 21.4. The molecular weight excluding hydrogens is 286 g/mol. The van der Waals surface area contributed by atoms with E-state index in [1.165, 1.54) is 0 Å². The molecule has 0 amide bonds. The summed E-state index contributed by atoms with van der Waals surface area (Å²) in [7, 11) is 0. The Balaban J connectivity index is 2.41. The Hall–Kier alpha value is -0.550. The lowest BCUT2D eigenvalue weighted by Gasteiger charge is -2.32. The van der Waals surface area contributed by atoms with Crippen molar-refractivity contribution in [1.29, 1.82) is 0 Å². The summed E-state index contributed by atoms with van der Waals surface area (Å²) in [5.74, 6) is -0.535. The van der Waals surface area contributed by atoms with Crippen LogP contribution in [-0.4, -0.2) is 39.7 Å². The zero-order valence-corrected chi connectivity index (χ0v) is 14.4. The molecule has 0 aromatic heterocycles. The number of Topliss-reactive ketones (excluding diaryl/α,β-unsaturated/α-hetero) is 1. The van der Waals surface area contributed by atoms with E-state index in [0.29, 0.717) is 6.04 Å². The molecule has 1 fully saturated rings. The number of ketones is 1. The highest BCUT2D eigenvalue weighted by Gasteiger charge is 2.36. The van der Waals surface area contributed by atoms with Crippen LogP contribution >= 0.6 is 12.6 Å². The molecule has 2 atom stereocenters. The van der Waals surface area contributed by atoms with Crippen molar-refractivity contribution >= 4 is 24.4 Å². The molecular formula is C16H29NO3S. The van der Waals surface area contributed by atoms with E-state index in [-0.39, 0.29) is 23.0 Å². The molecule has 1 aliphatic rings. The molecule has 0 radical (unpaired) electrons. The minimum Gasteiger partial charge on any atom is -0.481 e. The molecule has 1 aliphatic heterocycles. The minimum absolute atomic E-state index is 0.184. The van der Waals surface area contributed by atoms with Gasteiger partial charge < -0.3 is 5.11 Å². The van der Waals surface area contributed by atoms with Gasteiger partial charge in [0.25, 0.3) is 0 Å². The zero-order valence-electron chi connectivity index (χ0n) is 13.5. The number of rotatable bonds is 8. The number of carbonyl (C=O) groups is 2. The van der Waals surface area contributed by atoms with Crippen LogP contribution in [0.5, 0.6) is 0 Å². The van der Waals surface area contributed by atoms with Crippen molar-refractivity contribution in [3.05, 3.63) is 0 Å². The second kappa shape index (κ2) is 8.18. The van der Waals surface area contributed by atoms with E-state index in [1.807, 2.05) is 20.8 Å². The number of hydrogen-bond acceptors (Lipinski definition) is 4. The summed E-state index contributed by atoms with van der Waals surface area (Å²) in [5, 5.41) is 8.31. The summed E-state index contributed by atoms with van der Waals surface area (Å²) in [6, 6.07) is 0.420. The van der Waals surface area contributed by atoms with Gasteiger partial charge in [-0.2, -0.15) is 12.6 Å². The lowest BCUT2D eigenvalue weighted by atomic mass is 9.90. The van der Waals surface area contributed by atoms with Crippen molar-refractivity contribution in [2.45, 2.75) is 77.1 Å². The summed E-state index contributed by atoms with van der Waals surface area (Å²) >= 11 is 4.56. The van der Waals surface area contributed by atoms with Gasteiger partial charge in [0, 0.05) is 17.9 Å². The fraction of sp³-hybridized carbons (Fsp3) is 0.875. The average molecular weight is 315 g/mol. The van der Waals surface area contributed by atoms with E-state index in [1.54, 1.807) is 0 Å². The maximum absolute atomic E-state index is 12.4. The second-order valence-corrected chi connectivity index (χ2v) is 7.50. The number of thiol groups is 1. The highest BCUT2D eigenvalue weighted by molar-refractivity contribution is 7.81. The van der Waals surface area contributed by atoms with Gasteiger partial charge >= 0.3 is 5.97 Å². The van der Waals surface area contributed by atoms with Crippen LogP contribution in [0, 0.1) is 5.41 Å². The van der Waals surface area contributed by atoms with Crippen LogP contribution in [0.25, 0.3) is 0 Å². The third kappa shape index (κ3) is 5.99. The van der Waals surface area contributed by atoms with Crippen molar-refractivity contribution in [3.8, 4) is 0 Å². The fourth-order valence-corrected chi connectivity index (χ4v) is 3.55. The number of likely N-dealkylation sites (tertiary alicyclic amines) is 1. The van der Waals surface area contributed by atoms with Gasteiger partial charge in [0.05, 0.1) is 0 Å². The average Bonchev–Trinajstić information content (AvgIpc) is 2.83. The van der Waals surface area contributed by atoms with Crippen molar-refractivity contribution in [1.82, 2.24) is 4.90 Å². The smallest absolute Gasteiger partial charge is 0.303 e. The van der Waals surface area contributed by atoms with E-state index in [4.69, 9.17) is 5.11 Å². The standard InChI is InChI=1S/C16H29NO3S/c1-16(2,3)14(20)15(21)17-11-7-9-12(17)8-5-4-6-10-13(18)19/h12,15,21H,4-11H2,1-3H3,(H,18,19)/t12-,15-/m0/s1. The van der Waals surface area contributed by atoms with E-state index in [0.717, 1.165) is 45.1 Å². The summed E-state index contributed by atoms with van der Waals surface area (Å²) < 4.78 is 0. The van der Waals surface area contributed by atoms with E-state index >= 15 is 0 Å². The molecule has 1 saturated heterocycles. The fourth-order valence-electron chi connectivity index (χ4n) is 2.86. The Bertz CT molecular complexity index is 365. The topological polar surface area (TPSA) is 57.6 Å². The maximum atomic E-state index is 12.4. The van der Waals surface area contributed by atoms with Crippen LogP contribution in [0.1, 0.15) is 65.7 Å². The van der Waals surface area contributed by atoms with Crippen molar-refractivity contribution in [2.24, 2.45) is 5.41 Å². The summed E-state index contributed by atoms with van der Waals surface area (Å²) in [4.78, 5) is 25.1. The first-order valence-corrected chi connectivity index (χ1v) is 8.45. The van der Waals surface area contributed by atoms with Gasteiger partial charge in [0.1, 0.15) is 5.37 Å². The van der Waals surface area contributed by atoms with Crippen LogP contribution in [0.15, 0.2) is 0 Å².